The van der Waals surface area contributed by atoms with E-state index >= 15 is 0 Å². The Morgan fingerprint density at radius 1 is 1.13 bits per heavy atom. The molecule has 0 aliphatic carbocycles. The Labute approximate surface area is 172 Å². The fourth-order valence-corrected chi connectivity index (χ4v) is 2.84. The second kappa shape index (κ2) is 8.60. The quantitative estimate of drug-likeness (QED) is 0.653. The van der Waals surface area contributed by atoms with E-state index in [4.69, 9.17) is 9.47 Å². The number of para-hydroxylation sites is 2. The second-order valence-electron chi connectivity index (χ2n) is 6.77. The van der Waals surface area contributed by atoms with Crippen LogP contribution in [0.15, 0.2) is 48.5 Å². The third-order valence-electron chi connectivity index (χ3n) is 4.36. The Hall–Kier alpha value is -3.95. The molecular weight excluding hydrogens is 388 g/mol. The molecule has 1 aromatic heterocycles. The average molecular weight is 408 g/mol. The Kier molecular flexibility index (Phi) is 5.55. The molecule has 0 radical (unpaired) electrons. The third-order valence-corrected chi connectivity index (χ3v) is 4.36. The van der Waals surface area contributed by atoms with Crippen molar-refractivity contribution in [3.63, 3.8) is 0 Å². The van der Waals surface area contributed by atoms with Crippen LogP contribution < -0.4 is 20.1 Å². The molecule has 3 aromatic rings. The molecule has 0 saturated carbocycles. The van der Waals surface area contributed by atoms with E-state index in [1.807, 2.05) is 49.4 Å². The van der Waals surface area contributed by atoms with E-state index < -0.39 is 11.9 Å². The molecule has 10 nitrogen and oxygen atoms in total. The van der Waals surface area contributed by atoms with Crippen LogP contribution in [0.2, 0.25) is 0 Å². The molecule has 10 heteroatoms. The van der Waals surface area contributed by atoms with Gasteiger partial charge in [-0.1, -0.05) is 42.0 Å². The second-order valence-corrected chi connectivity index (χ2v) is 6.77. The maximum atomic E-state index is 12.1. The minimum Gasteiger partial charge on any atom is -0.486 e. The van der Waals surface area contributed by atoms with Gasteiger partial charge in [0.25, 0.3) is 5.91 Å². The van der Waals surface area contributed by atoms with Gasteiger partial charge in [-0.2, -0.15) is 4.80 Å². The van der Waals surface area contributed by atoms with Crippen molar-refractivity contribution in [2.24, 2.45) is 0 Å². The van der Waals surface area contributed by atoms with Crippen molar-refractivity contribution >= 4 is 11.9 Å². The Morgan fingerprint density at radius 3 is 2.70 bits per heavy atom. The molecule has 3 amide bonds. The molecule has 2 N–H and O–H groups in total. The van der Waals surface area contributed by atoms with Crippen molar-refractivity contribution in [1.82, 2.24) is 30.8 Å². The van der Waals surface area contributed by atoms with Crippen LogP contribution in [0.4, 0.5) is 4.79 Å². The van der Waals surface area contributed by atoms with Crippen LogP contribution in [0.1, 0.15) is 5.56 Å². The van der Waals surface area contributed by atoms with Crippen molar-refractivity contribution < 1.29 is 19.1 Å². The largest absolute Gasteiger partial charge is 0.486 e. The molecule has 154 valence electrons. The van der Waals surface area contributed by atoms with Gasteiger partial charge in [-0.05, 0) is 24.3 Å². The lowest BCUT2D eigenvalue weighted by Crippen LogP contribution is -2.46. The van der Waals surface area contributed by atoms with Gasteiger partial charge in [0.2, 0.25) is 5.82 Å². The van der Waals surface area contributed by atoms with E-state index in [1.54, 1.807) is 6.07 Å². The number of carbonyl (C=O) groups excluding carboxylic acids is 2. The molecule has 30 heavy (non-hydrogen) atoms. The fraction of sp³-hybridized carbons (Fsp3) is 0.250. The van der Waals surface area contributed by atoms with Gasteiger partial charge < -0.3 is 14.8 Å². The van der Waals surface area contributed by atoms with Crippen LogP contribution in [0, 0.1) is 6.92 Å². The van der Waals surface area contributed by atoms with E-state index in [1.165, 1.54) is 0 Å². The van der Waals surface area contributed by atoms with Crippen LogP contribution in [0.5, 0.6) is 11.5 Å². The summed E-state index contributed by atoms with van der Waals surface area (Å²) in [5, 5.41) is 16.8. The monoisotopic (exact) mass is 408 g/mol. The molecule has 0 bridgehead atoms. The van der Waals surface area contributed by atoms with Gasteiger partial charge in [-0.25, -0.2) is 4.79 Å². The summed E-state index contributed by atoms with van der Waals surface area (Å²) in [6, 6.07) is 14.3. The van der Waals surface area contributed by atoms with Crippen molar-refractivity contribution in [2.75, 3.05) is 13.2 Å². The van der Waals surface area contributed by atoms with E-state index in [2.05, 4.69) is 26.0 Å². The highest BCUT2D eigenvalue weighted by Gasteiger charge is 2.21. The van der Waals surface area contributed by atoms with Crippen molar-refractivity contribution in [3.05, 3.63) is 54.1 Å². The number of fused-ring (bicyclic) bond motifs is 1. The number of carbonyl (C=O) groups is 2. The standard InChI is InChI=1S/C20H20N6O4/c1-13-6-8-14(9-7-13)19-23-25-26(24-19)11-18(27)22-20(28)21-10-15-12-29-16-4-2-3-5-17(16)30-15/h2-9,15H,10-12H2,1H3,(H2,21,22,27,28). The number of aromatic nitrogens is 4. The minimum absolute atomic E-state index is 0.187. The lowest BCUT2D eigenvalue weighted by Gasteiger charge is -2.26. The normalized spacial score (nSPS) is 14.8. The highest BCUT2D eigenvalue weighted by molar-refractivity contribution is 5.94. The van der Waals surface area contributed by atoms with E-state index in [0.29, 0.717) is 23.9 Å². The Balaban J connectivity index is 1.23. The maximum Gasteiger partial charge on any atom is 0.321 e. The number of nitrogens with one attached hydrogen (secondary N) is 2. The van der Waals surface area contributed by atoms with Gasteiger partial charge in [0.05, 0.1) is 6.54 Å². The topological polar surface area (TPSA) is 120 Å². The summed E-state index contributed by atoms with van der Waals surface area (Å²) >= 11 is 0. The van der Waals surface area contributed by atoms with Crippen LogP contribution >= 0.6 is 0 Å². The first-order valence-electron chi connectivity index (χ1n) is 9.38. The molecular formula is C20H20N6O4. The van der Waals surface area contributed by atoms with Crippen LogP contribution in [0.25, 0.3) is 11.4 Å². The molecule has 1 unspecified atom stereocenters. The summed E-state index contributed by atoms with van der Waals surface area (Å²) in [7, 11) is 0. The number of tetrazole rings is 1. The lowest BCUT2D eigenvalue weighted by molar-refractivity contribution is -0.121. The van der Waals surface area contributed by atoms with Gasteiger partial charge in [0.15, 0.2) is 17.6 Å². The molecule has 4 rings (SSSR count). The highest BCUT2D eigenvalue weighted by atomic mass is 16.6. The predicted molar refractivity (Wildman–Crippen MR) is 106 cm³/mol. The van der Waals surface area contributed by atoms with Crippen molar-refractivity contribution in [3.8, 4) is 22.9 Å². The molecule has 1 atom stereocenters. The summed E-state index contributed by atoms with van der Waals surface area (Å²) in [5.74, 6) is 1.13. The molecule has 2 aromatic carbocycles. The molecule has 1 aliphatic rings. The summed E-state index contributed by atoms with van der Waals surface area (Å²) in [6.07, 6.45) is -0.352. The van der Waals surface area contributed by atoms with Gasteiger partial charge in [0, 0.05) is 5.56 Å². The SMILES string of the molecule is Cc1ccc(-c2nnn(CC(=O)NC(=O)NCC3COc4ccccc4O3)n2)cc1. The third kappa shape index (κ3) is 4.72. The van der Waals surface area contributed by atoms with Gasteiger partial charge in [-0.15, -0.1) is 10.2 Å². The zero-order chi connectivity index (χ0) is 20.9. The zero-order valence-electron chi connectivity index (χ0n) is 16.2. The fourth-order valence-electron chi connectivity index (χ4n) is 2.84. The summed E-state index contributed by atoms with van der Waals surface area (Å²) in [5.41, 5.74) is 1.91. The van der Waals surface area contributed by atoms with E-state index in [-0.39, 0.29) is 19.2 Å². The van der Waals surface area contributed by atoms with Gasteiger partial charge in [0.1, 0.15) is 13.2 Å². The number of aryl methyl sites for hydroxylation is 1. The first-order chi connectivity index (χ1) is 14.6. The number of imide groups is 1. The van der Waals surface area contributed by atoms with Crippen molar-refractivity contribution in [1.29, 1.82) is 0 Å². The van der Waals surface area contributed by atoms with Gasteiger partial charge >= 0.3 is 6.03 Å². The number of hydrogen-bond acceptors (Lipinski definition) is 7. The number of urea groups is 1. The average Bonchev–Trinajstić information content (AvgIpc) is 3.21. The summed E-state index contributed by atoms with van der Waals surface area (Å²) in [6.45, 7) is 2.24. The number of nitrogens with zero attached hydrogens (tertiary/aromatic N) is 4. The number of amides is 3. The number of rotatable bonds is 5. The van der Waals surface area contributed by atoms with E-state index in [9.17, 15) is 9.59 Å². The minimum atomic E-state index is -0.638. The van der Waals surface area contributed by atoms with Crippen LogP contribution in [-0.2, 0) is 11.3 Å². The van der Waals surface area contributed by atoms with Gasteiger partial charge in [-0.3, -0.25) is 10.1 Å². The summed E-state index contributed by atoms with van der Waals surface area (Å²) < 4.78 is 11.3. The zero-order valence-corrected chi connectivity index (χ0v) is 16.2. The lowest BCUT2D eigenvalue weighted by atomic mass is 10.1. The first-order valence-corrected chi connectivity index (χ1v) is 9.38. The number of hydrogen-bond donors (Lipinski definition) is 2. The first kappa shape index (κ1) is 19.4. The molecule has 0 fully saturated rings. The van der Waals surface area contributed by atoms with Crippen molar-refractivity contribution in [2.45, 2.75) is 19.6 Å². The molecule has 0 saturated heterocycles. The number of ether oxygens (including phenoxy) is 2. The molecule has 0 spiro atoms. The predicted octanol–water partition coefficient (Wildman–Crippen LogP) is 1.31. The highest BCUT2D eigenvalue weighted by Crippen LogP contribution is 2.30. The molecule has 1 aliphatic heterocycles. The van der Waals surface area contributed by atoms with Crippen LogP contribution in [0.3, 0.4) is 0 Å². The molecule has 2 heterocycles. The number of benzene rings is 2. The maximum absolute atomic E-state index is 12.1. The van der Waals surface area contributed by atoms with Crippen LogP contribution in [-0.4, -0.2) is 51.4 Å². The summed E-state index contributed by atoms with van der Waals surface area (Å²) in [4.78, 5) is 25.2. The van der Waals surface area contributed by atoms with E-state index in [0.717, 1.165) is 15.9 Å². The Bertz CT molecular complexity index is 1050. The Morgan fingerprint density at radius 2 is 1.90 bits per heavy atom. The smallest absolute Gasteiger partial charge is 0.321 e.